The lowest BCUT2D eigenvalue weighted by molar-refractivity contribution is 1.42. The van der Waals surface area contributed by atoms with Gasteiger partial charge >= 0.3 is 0 Å². The number of fused-ring (bicyclic) bond motifs is 1. The number of hydrogen-bond donors (Lipinski definition) is 1. The quantitative estimate of drug-likeness (QED) is 0.491. The molecule has 4 heteroatoms. The molecule has 0 unspecified atom stereocenters. The number of nitrogens with two attached hydrogens (primary N) is 1. The van der Waals surface area contributed by atoms with Crippen LogP contribution in [0.1, 0.15) is 5.56 Å². The first-order valence-electron chi connectivity index (χ1n) is 4.16. The van der Waals surface area contributed by atoms with Gasteiger partial charge in [0.15, 0.2) is 0 Å². The molecular formula is C10H10ClNS2. The Hall–Kier alpha value is -0.380. The van der Waals surface area contributed by atoms with Crippen molar-refractivity contribution < 1.29 is 0 Å². The second-order valence-corrected chi connectivity index (χ2v) is 4.98. The van der Waals surface area contributed by atoms with Crippen molar-refractivity contribution in [3.8, 4) is 0 Å². The molecule has 0 bridgehead atoms. The maximum atomic E-state index is 6.06. The van der Waals surface area contributed by atoms with Crippen LogP contribution in [0, 0.1) is 0 Å². The molecule has 14 heavy (non-hydrogen) atoms. The van der Waals surface area contributed by atoms with Gasteiger partial charge in [-0.2, -0.15) is 0 Å². The minimum atomic E-state index is 0.478. The monoisotopic (exact) mass is 243 g/mol. The molecule has 1 aromatic heterocycles. The van der Waals surface area contributed by atoms with E-state index < -0.39 is 0 Å². The fourth-order valence-electron chi connectivity index (χ4n) is 1.44. The number of thiophene rings is 1. The summed E-state index contributed by atoms with van der Waals surface area (Å²) in [4.78, 5) is 1.24. The molecule has 2 aromatic rings. The highest BCUT2D eigenvalue weighted by Crippen LogP contribution is 2.37. The topological polar surface area (TPSA) is 26.0 Å². The highest BCUT2D eigenvalue weighted by Gasteiger charge is 2.09. The van der Waals surface area contributed by atoms with Gasteiger partial charge in [-0.25, -0.2) is 0 Å². The first kappa shape index (κ1) is 10.1. The summed E-state index contributed by atoms with van der Waals surface area (Å²) in [6.07, 6.45) is 2.06. The Morgan fingerprint density at radius 3 is 2.93 bits per heavy atom. The highest BCUT2D eigenvalue weighted by atomic mass is 35.5. The van der Waals surface area contributed by atoms with Crippen molar-refractivity contribution in [2.45, 2.75) is 10.8 Å². The number of halogens is 1. The molecular weight excluding hydrogens is 234 g/mol. The van der Waals surface area contributed by atoms with Crippen LogP contribution in [0.5, 0.6) is 0 Å². The van der Waals surface area contributed by atoms with E-state index in [1.165, 1.54) is 15.0 Å². The van der Waals surface area contributed by atoms with Crippen molar-refractivity contribution in [3.63, 3.8) is 0 Å². The molecule has 0 radical (unpaired) electrons. The van der Waals surface area contributed by atoms with Gasteiger partial charge in [0.25, 0.3) is 0 Å². The molecule has 0 saturated carbocycles. The molecule has 0 aliphatic heterocycles. The molecule has 74 valence electrons. The summed E-state index contributed by atoms with van der Waals surface area (Å²) in [5, 5.41) is 3.31. The smallest absolute Gasteiger partial charge is 0.0494 e. The minimum absolute atomic E-state index is 0.478. The van der Waals surface area contributed by atoms with Crippen LogP contribution in [0.25, 0.3) is 10.1 Å². The van der Waals surface area contributed by atoms with E-state index >= 15 is 0 Å². The van der Waals surface area contributed by atoms with Crippen molar-refractivity contribution >= 4 is 50.5 Å². The lowest BCUT2D eigenvalue weighted by atomic mass is 10.1. The van der Waals surface area contributed by atoms with E-state index in [0.717, 1.165) is 11.3 Å². The second-order valence-electron chi connectivity index (χ2n) is 2.95. The molecule has 0 fully saturated rings. The third-order valence-electron chi connectivity index (χ3n) is 2.20. The molecule has 1 aromatic carbocycles. The summed E-state index contributed by atoms with van der Waals surface area (Å²) >= 11 is 9.27. The number of thioether (sulfide) groups is 1. The van der Waals surface area contributed by atoms with Crippen molar-refractivity contribution in [2.24, 2.45) is 0 Å². The number of benzene rings is 1. The van der Waals surface area contributed by atoms with E-state index in [0.29, 0.717) is 5.88 Å². The second kappa shape index (κ2) is 4.01. The van der Waals surface area contributed by atoms with Crippen LogP contribution in [-0.4, -0.2) is 6.26 Å². The van der Waals surface area contributed by atoms with Gasteiger partial charge in [0.1, 0.15) is 0 Å². The average molecular weight is 244 g/mol. The number of alkyl halides is 1. The van der Waals surface area contributed by atoms with Crippen molar-refractivity contribution in [3.05, 3.63) is 23.1 Å². The molecule has 0 aliphatic carbocycles. The van der Waals surface area contributed by atoms with Crippen LogP contribution in [-0.2, 0) is 5.88 Å². The lowest BCUT2D eigenvalue weighted by Crippen LogP contribution is -1.92. The van der Waals surface area contributed by atoms with Gasteiger partial charge in [0, 0.05) is 31.9 Å². The summed E-state index contributed by atoms with van der Waals surface area (Å²) in [5.41, 5.74) is 7.92. The first-order chi connectivity index (χ1) is 6.77. The fourth-order valence-corrected chi connectivity index (χ4v) is 3.52. The van der Waals surface area contributed by atoms with Crippen LogP contribution in [0.2, 0.25) is 0 Å². The van der Waals surface area contributed by atoms with Gasteiger partial charge in [0.2, 0.25) is 0 Å². The molecule has 2 N–H and O–H groups in total. The third-order valence-corrected chi connectivity index (χ3v) is 4.35. The van der Waals surface area contributed by atoms with Crippen LogP contribution in [0.15, 0.2) is 22.4 Å². The maximum Gasteiger partial charge on any atom is 0.0494 e. The Bertz CT molecular complexity index is 464. The SMILES string of the molecule is CSc1csc2ccc(CCl)c(N)c12. The standard InChI is InChI=1S/C10H10ClNS2/c1-13-8-5-14-7-3-2-6(4-11)10(12)9(7)8/h2-3,5H,4,12H2,1H3. The number of anilines is 1. The van der Waals surface area contributed by atoms with Gasteiger partial charge in [-0.05, 0) is 17.9 Å². The number of hydrogen-bond acceptors (Lipinski definition) is 3. The Morgan fingerprint density at radius 2 is 2.29 bits per heavy atom. The molecule has 0 atom stereocenters. The molecule has 1 heterocycles. The zero-order valence-electron chi connectivity index (χ0n) is 7.71. The molecule has 0 spiro atoms. The van der Waals surface area contributed by atoms with Gasteiger partial charge in [-0.15, -0.1) is 34.7 Å². The van der Waals surface area contributed by atoms with Crippen molar-refractivity contribution in [1.29, 1.82) is 0 Å². The van der Waals surface area contributed by atoms with E-state index in [1.54, 1.807) is 23.1 Å². The summed E-state index contributed by atoms with van der Waals surface area (Å²) < 4.78 is 1.24. The van der Waals surface area contributed by atoms with Crippen LogP contribution in [0.3, 0.4) is 0 Å². The largest absolute Gasteiger partial charge is 0.398 e. The lowest BCUT2D eigenvalue weighted by Gasteiger charge is -2.04. The van der Waals surface area contributed by atoms with Crippen molar-refractivity contribution in [1.82, 2.24) is 0 Å². The maximum absolute atomic E-state index is 6.06. The summed E-state index contributed by atoms with van der Waals surface area (Å²) in [6, 6.07) is 4.10. The predicted molar refractivity (Wildman–Crippen MR) is 67.6 cm³/mol. The summed E-state index contributed by atoms with van der Waals surface area (Å²) in [6.45, 7) is 0. The first-order valence-corrected chi connectivity index (χ1v) is 6.80. The van der Waals surface area contributed by atoms with Crippen LogP contribution in [0.4, 0.5) is 5.69 Å². The van der Waals surface area contributed by atoms with Crippen molar-refractivity contribution in [2.75, 3.05) is 12.0 Å². The normalized spacial score (nSPS) is 11.0. The predicted octanol–water partition coefficient (Wildman–Crippen LogP) is 3.94. The van der Waals surface area contributed by atoms with E-state index in [4.69, 9.17) is 17.3 Å². The molecule has 2 rings (SSSR count). The average Bonchev–Trinajstić information content (AvgIpc) is 2.62. The summed E-state index contributed by atoms with van der Waals surface area (Å²) in [7, 11) is 0. The molecule has 0 aliphatic rings. The molecule has 0 saturated heterocycles. The van der Waals surface area contributed by atoms with E-state index in [-0.39, 0.29) is 0 Å². The molecule has 0 amide bonds. The minimum Gasteiger partial charge on any atom is -0.398 e. The summed E-state index contributed by atoms with van der Waals surface area (Å²) in [5.74, 6) is 0.478. The number of nitrogen functional groups attached to an aromatic ring is 1. The Kier molecular flexibility index (Phi) is 2.91. The van der Waals surface area contributed by atoms with Crippen LogP contribution >= 0.6 is 34.7 Å². The van der Waals surface area contributed by atoms with E-state index in [9.17, 15) is 0 Å². The highest BCUT2D eigenvalue weighted by molar-refractivity contribution is 7.99. The van der Waals surface area contributed by atoms with Gasteiger partial charge in [-0.1, -0.05) is 6.07 Å². The van der Waals surface area contributed by atoms with E-state index in [2.05, 4.69) is 17.7 Å². The van der Waals surface area contributed by atoms with Gasteiger partial charge < -0.3 is 5.73 Å². The Balaban J connectivity index is 2.77. The van der Waals surface area contributed by atoms with Crippen LogP contribution < -0.4 is 5.73 Å². The van der Waals surface area contributed by atoms with E-state index in [1.807, 2.05) is 6.07 Å². The Morgan fingerprint density at radius 1 is 1.50 bits per heavy atom. The third kappa shape index (κ3) is 1.49. The van der Waals surface area contributed by atoms with Gasteiger partial charge in [-0.3, -0.25) is 0 Å². The van der Waals surface area contributed by atoms with Gasteiger partial charge in [0.05, 0.1) is 0 Å². The Labute approximate surface area is 96.2 Å². The fraction of sp³-hybridized carbons (Fsp3) is 0.200. The zero-order chi connectivity index (χ0) is 10.1. The molecule has 1 nitrogen and oxygen atoms in total. The number of rotatable bonds is 2. The zero-order valence-corrected chi connectivity index (χ0v) is 10.1.